The number of carbonyl (C=O) groups is 3. The van der Waals surface area contributed by atoms with E-state index in [0.717, 1.165) is 4.47 Å². The Balaban J connectivity index is 1.60. The number of fused-ring (bicyclic) bond motifs is 1. The summed E-state index contributed by atoms with van der Waals surface area (Å²) in [6.45, 7) is 0.0630. The van der Waals surface area contributed by atoms with Gasteiger partial charge in [0.2, 0.25) is 0 Å². The van der Waals surface area contributed by atoms with Crippen molar-refractivity contribution in [1.29, 1.82) is 0 Å². The lowest BCUT2D eigenvalue weighted by Crippen LogP contribution is -2.29. The third-order valence-corrected chi connectivity index (χ3v) is 5.30. The van der Waals surface area contributed by atoms with Crippen LogP contribution in [0, 0.1) is 0 Å². The summed E-state index contributed by atoms with van der Waals surface area (Å²) >= 11 is 3.38. The van der Waals surface area contributed by atoms with Gasteiger partial charge in [0.05, 0.1) is 30.3 Å². The number of ether oxygens (including phenoxy) is 1. The molecule has 1 aliphatic heterocycles. The number of nitrogens with zero attached hydrogens (tertiary/aromatic N) is 1. The molecule has 3 amide bonds. The lowest BCUT2D eigenvalue weighted by molar-refractivity contribution is 0.0642. The van der Waals surface area contributed by atoms with Gasteiger partial charge in [0, 0.05) is 10.2 Å². The molecule has 0 aliphatic carbocycles. The van der Waals surface area contributed by atoms with Crippen LogP contribution < -0.4 is 10.1 Å². The van der Waals surface area contributed by atoms with Crippen molar-refractivity contribution in [3.63, 3.8) is 0 Å². The van der Waals surface area contributed by atoms with Crippen molar-refractivity contribution in [3.05, 3.63) is 93.5 Å². The standard InChI is InChI=1S/C23H17BrN2O4/c1-30-20-10-9-14(11-19(20)21(27)25-16-6-4-5-15(24)12-16)13-26-22(28)17-7-2-3-8-18(17)23(26)29/h2-12H,13H2,1H3,(H,25,27). The molecule has 0 aromatic heterocycles. The van der Waals surface area contributed by atoms with E-state index in [4.69, 9.17) is 4.74 Å². The van der Waals surface area contributed by atoms with Crippen molar-refractivity contribution in [3.8, 4) is 5.75 Å². The van der Waals surface area contributed by atoms with E-state index >= 15 is 0 Å². The highest BCUT2D eigenvalue weighted by Gasteiger charge is 2.35. The second-order valence-electron chi connectivity index (χ2n) is 6.74. The zero-order valence-corrected chi connectivity index (χ0v) is 17.6. The molecule has 3 aromatic carbocycles. The van der Waals surface area contributed by atoms with Crippen LogP contribution in [0.5, 0.6) is 5.75 Å². The fourth-order valence-electron chi connectivity index (χ4n) is 3.36. The molecule has 0 fully saturated rings. The lowest BCUT2D eigenvalue weighted by Gasteiger charge is -2.16. The van der Waals surface area contributed by atoms with Gasteiger partial charge in [-0.2, -0.15) is 0 Å². The summed E-state index contributed by atoms with van der Waals surface area (Å²) in [5.74, 6) is -0.638. The molecule has 0 saturated carbocycles. The molecule has 1 heterocycles. The molecule has 0 spiro atoms. The molecular formula is C23H17BrN2O4. The maximum Gasteiger partial charge on any atom is 0.261 e. The zero-order chi connectivity index (χ0) is 21.3. The summed E-state index contributed by atoms with van der Waals surface area (Å²) in [6.07, 6.45) is 0. The van der Waals surface area contributed by atoms with Gasteiger partial charge >= 0.3 is 0 Å². The number of rotatable bonds is 5. The molecular weight excluding hydrogens is 448 g/mol. The molecule has 0 radical (unpaired) electrons. The fraction of sp³-hybridized carbons (Fsp3) is 0.0870. The van der Waals surface area contributed by atoms with E-state index < -0.39 is 0 Å². The predicted octanol–water partition coefficient (Wildman–Crippen LogP) is 4.51. The number of carbonyl (C=O) groups excluding carboxylic acids is 3. The molecule has 0 unspecified atom stereocenters. The summed E-state index contributed by atoms with van der Waals surface area (Å²) in [4.78, 5) is 39.3. The number of hydrogen-bond donors (Lipinski definition) is 1. The normalized spacial score (nSPS) is 12.7. The van der Waals surface area contributed by atoms with Crippen molar-refractivity contribution >= 4 is 39.3 Å². The topological polar surface area (TPSA) is 75.7 Å². The Morgan fingerprint density at radius 2 is 1.67 bits per heavy atom. The Bertz CT molecular complexity index is 1140. The molecule has 1 aliphatic rings. The third kappa shape index (κ3) is 3.71. The number of methoxy groups -OCH3 is 1. The SMILES string of the molecule is COc1ccc(CN2C(=O)c3ccccc3C2=O)cc1C(=O)Nc1cccc(Br)c1. The lowest BCUT2D eigenvalue weighted by atomic mass is 10.1. The van der Waals surface area contributed by atoms with Crippen LogP contribution in [0.25, 0.3) is 0 Å². The van der Waals surface area contributed by atoms with Crippen molar-refractivity contribution < 1.29 is 19.1 Å². The second-order valence-corrected chi connectivity index (χ2v) is 7.66. The van der Waals surface area contributed by atoms with Gasteiger partial charge in [0.15, 0.2) is 0 Å². The van der Waals surface area contributed by atoms with E-state index in [0.29, 0.717) is 33.7 Å². The molecule has 0 bridgehead atoms. The van der Waals surface area contributed by atoms with Crippen LogP contribution in [-0.2, 0) is 6.54 Å². The zero-order valence-electron chi connectivity index (χ0n) is 16.0. The first-order valence-corrected chi connectivity index (χ1v) is 9.96. The molecule has 150 valence electrons. The van der Waals surface area contributed by atoms with E-state index in [9.17, 15) is 14.4 Å². The van der Waals surface area contributed by atoms with Crippen LogP contribution in [0.1, 0.15) is 36.6 Å². The van der Waals surface area contributed by atoms with Crippen LogP contribution >= 0.6 is 15.9 Å². The van der Waals surface area contributed by atoms with Crippen LogP contribution in [0.2, 0.25) is 0 Å². The van der Waals surface area contributed by atoms with Crippen molar-refractivity contribution in [2.75, 3.05) is 12.4 Å². The minimum atomic E-state index is -0.353. The van der Waals surface area contributed by atoms with Crippen LogP contribution in [0.4, 0.5) is 5.69 Å². The van der Waals surface area contributed by atoms with Gasteiger partial charge in [0.25, 0.3) is 17.7 Å². The molecule has 0 atom stereocenters. The smallest absolute Gasteiger partial charge is 0.261 e. The number of anilines is 1. The van der Waals surface area contributed by atoms with Gasteiger partial charge < -0.3 is 10.1 Å². The van der Waals surface area contributed by atoms with Crippen molar-refractivity contribution in [2.45, 2.75) is 6.54 Å². The molecule has 6 nitrogen and oxygen atoms in total. The molecule has 1 N–H and O–H groups in total. The number of hydrogen-bond acceptors (Lipinski definition) is 4. The highest BCUT2D eigenvalue weighted by Crippen LogP contribution is 2.27. The summed E-state index contributed by atoms with van der Waals surface area (Å²) < 4.78 is 6.17. The van der Waals surface area contributed by atoms with Crippen LogP contribution in [0.3, 0.4) is 0 Å². The maximum atomic E-state index is 12.8. The van der Waals surface area contributed by atoms with E-state index in [1.165, 1.54) is 12.0 Å². The molecule has 7 heteroatoms. The molecule has 4 rings (SSSR count). The number of imide groups is 1. The van der Waals surface area contributed by atoms with E-state index in [1.807, 2.05) is 12.1 Å². The first kappa shape index (κ1) is 19.8. The van der Waals surface area contributed by atoms with Crippen LogP contribution in [0.15, 0.2) is 71.2 Å². The average Bonchev–Trinajstić information content (AvgIpc) is 2.99. The largest absolute Gasteiger partial charge is 0.496 e. The minimum Gasteiger partial charge on any atom is -0.496 e. The van der Waals surface area contributed by atoms with Gasteiger partial charge in [-0.1, -0.05) is 40.2 Å². The van der Waals surface area contributed by atoms with Gasteiger partial charge in [-0.15, -0.1) is 0 Å². The maximum absolute atomic E-state index is 12.8. The Morgan fingerprint density at radius 1 is 0.967 bits per heavy atom. The van der Waals surface area contributed by atoms with Gasteiger partial charge in [0.1, 0.15) is 5.75 Å². The Morgan fingerprint density at radius 3 is 2.30 bits per heavy atom. The Labute approximate surface area is 181 Å². The predicted molar refractivity (Wildman–Crippen MR) is 116 cm³/mol. The molecule has 30 heavy (non-hydrogen) atoms. The number of halogens is 1. The number of amides is 3. The molecule has 0 saturated heterocycles. The summed E-state index contributed by atoms with van der Waals surface area (Å²) in [6, 6.07) is 19.0. The highest BCUT2D eigenvalue weighted by molar-refractivity contribution is 9.10. The quantitative estimate of drug-likeness (QED) is 0.563. The first-order chi connectivity index (χ1) is 14.5. The Kier molecular flexibility index (Phi) is 5.37. The van der Waals surface area contributed by atoms with E-state index in [2.05, 4.69) is 21.2 Å². The van der Waals surface area contributed by atoms with Crippen molar-refractivity contribution in [1.82, 2.24) is 4.90 Å². The summed E-state index contributed by atoms with van der Waals surface area (Å²) in [5.41, 5.74) is 2.37. The van der Waals surface area contributed by atoms with Gasteiger partial charge in [-0.05, 0) is 48.0 Å². The number of nitrogens with one attached hydrogen (secondary N) is 1. The summed E-state index contributed by atoms with van der Waals surface area (Å²) in [7, 11) is 1.48. The van der Waals surface area contributed by atoms with E-state index in [-0.39, 0.29) is 24.3 Å². The fourth-order valence-corrected chi connectivity index (χ4v) is 3.76. The molecule has 3 aromatic rings. The van der Waals surface area contributed by atoms with Crippen molar-refractivity contribution in [2.24, 2.45) is 0 Å². The van der Waals surface area contributed by atoms with E-state index in [1.54, 1.807) is 54.6 Å². The van der Waals surface area contributed by atoms with Gasteiger partial charge in [-0.3, -0.25) is 19.3 Å². The third-order valence-electron chi connectivity index (χ3n) is 4.81. The second kappa shape index (κ2) is 8.12. The Hall–Kier alpha value is -3.45. The monoisotopic (exact) mass is 464 g/mol. The first-order valence-electron chi connectivity index (χ1n) is 9.17. The average molecular weight is 465 g/mol. The summed E-state index contributed by atoms with van der Waals surface area (Å²) in [5, 5.41) is 2.83. The number of benzene rings is 3. The minimum absolute atomic E-state index is 0.0630. The van der Waals surface area contributed by atoms with Crippen LogP contribution in [-0.4, -0.2) is 29.7 Å². The highest BCUT2D eigenvalue weighted by atomic mass is 79.9. The van der Waals surface area contributed by atoms with Gasteiger partial charge in [-0.25, -0.2) is 0 Å².